The van der Waals surface area contributed by atoms with Gasteiger partial charge in [-0.15, -0.1) is 0 Å². The maximum absolute atomic E-state index is 9.26. The largest absolute Gasteiger partial charge is 0.494 e. The van der Waals surface area contributed by atoms with Crippen molar-refractivity contribution in [2.24, 2.45) is 0 Å². The highest BCUT2D eigenvalue weighted by molar-refractivity contribution is 5.81. The Balaban J connectivity index is 0.000000360. The van der Waals surface area contributed by atoms with Crippen LogP contribution < -0.4 is 0 Å². The van der Waals surface area contributed by atoms with Crippen molar-refractivity contribution >= 4 is 10.9 Å². The van der Waals surface area contributed by atoms with E-state index < -0.39 is 0 Å². The van der Waals surface area contributed by atoms with Crippen LogP contribution >= 0.6 is 0 Å². The molecule has 160 valence electrons. The number of allylic oxidation sites excluding steroid dienone is 3. The molecule has 0 radical (unpaired) electrons. The molecule has 1 N–H and O–H groups in total. The maximum Gasteiger partial charge on any atom is 0.114 e. The Labute approximate surface area is 176 Å². The lowest BCUT2D eigenvalue weighted by atomic mass is 10.2. The van der Waals surface area contributed by atoms with Crippen LogP contribution in [-0.2, 0) is 17.7 Å². The smallest absolute Gasteiger partial charge is 0.114 e. The second-order valence-electron chi connectivity index (χ2n) is 7.36. The third kappa shape index (κ3) is 7.37. The first kappa shape index (κ1) is 23.2. The Bertz CT molecular complexity index is 770. The molecule has 1 aliphatic heterocycles. The van der Waals surface area contributed by atoms with Crippen LogP contribution in [0.15, 0.2) is 54.3 Å². The van der Waals surface area contributed by atoms with Crippen molar-refractivity contribution < 1.29 is 9.84 Å². The van der Waals surface area contributed by atoms with Gasteiger partial charge in [0.25, 0.3) is 0 Å². The van der Waals surface area contributed by atoms with Gasteiger partial charge < -0.3 is 19.3 Å². The van der Waals surface area contributed by atoms with E-state index in [2.05, 4.69) is 47.6 Å². The molecule has 0 unspecified atom stereocenters. The Kier molecular flexibility index (Phi) is 10.6. The van der Waals surface area contributed by atoms with Crippen LogP contribution in [0.2, 0.25) is 0 Å². The Morgan fingerprint density at radius 1 is 1.17 bits per heavy atom. The van der Waals surface area contributed by atoms with E-state index >= 15 is 0 Å². The van der Waals surface area contributed by atoms with Crippen molar-refractivity contribution in [2.75, 3.05) is 32.8 Å². The third-order valence-electron chi connectivity index (χ3n) is 5.24. The van der Waals surface area contributed by atoms with E-state index in [1.807, 2.05) is 31.2 Å². The van der Waals surface area contributed by atoms with Crippen molar-refractivity contribution in [3.05, 3.63) is 60.0 Å². The van der Waals surface area contributed by atoms with Crippen molar-refractivity contribution in [3.63, 3.8) is 0 Å². The number of rotatable bonds is 9. The van der Waals surface area contributed by atoms with Crippen LogP contribution in [0.4, 0.5) is 0 Å². The van der Waals surface area contributed by atoms with Gasteiger partial charge in [-0.25, -0.2) is 0 Å². The first-order valence-corrected chi connectivity index (χ1v) is 11.1. The predicted octanol–water partition coefficient (Wildman–Crippen LogP) is 5.16. The summed E-state index contributed by atoms with van der Waals surface area (Å²) in [6.07, 6.45) is 10.6. The number of hydrogen-bond donors (Lipinski definition) is 1. The van der Waals surface area contributed by atoms with E-state index in [0.717, 1.165) is 31.0 Å². The normalized spacial score (nSPS) is 15.1. The molecule has 29 heavy (non-hydrogen) atoms. The van der Waals surface area contributed by atoms with Crippen molar-refractivity contribution in [2.45, 2.75) is 53.0 Å². The summed E-state index contributed by atoms with van der Waals surface area (Å²) in [5.74, 6) is 0.905. The lowest BCUT2D eigenvalue weighted by Gasteiger charge is -2.08. The number of aromatic nitrogens is 1. The average Bonchev–Trinajstić information content (AvgIpc) is 3.39. The molecule has 0 bridgehead atoms. The Morgan fingerprint density at radius 2 is 1.93 bits per heavy atom. The van der Waals surface area contributed by atoms with E-state index in [1.165, 1.54) is 43.4 Å². The summed E-state index contributed by atoms with van der Waals surface area (Å²) in [7, 11) is 0. The molecule has 0 saturated carbocycles. The number of ether oxygens (including phenoxy) is 1. The van der Waals surface area contributed by atoms with E-state index in [4.69, 9.17) is 4.74 Å². The van der Waals surface area contributed by atoms with Crippen LogP contribution in [0, 0.1) is 0 Å². The first-order valence-electron chi connectivity index (χ1n) is 11.1. The SMILES string of the molecule is C/C=C(\C=C/Cn1c(CCO)cc2ccccc21)OCCC.CCN1CCCC1. The zero-order valence-electron chi connectivity index (χ0n) is 18.4. The van der Waals surface area contributed by atoms with Crippen molar-refractivity contribution in [1.29, 1.82) is 0 Å². The summed E-state index contributed by atoms with van der Waals surface area (Å²) in [6, 6.07) is 10.5. The summed E-state index contributed by atoms with van der Waals surface area (Å²) in [6.45, 7) is 11.9. The van der Waals surface area contributed by atoms with Gasteiger partial charge >= 0.3 is 0 Å². The highest BCUT2D eigenvalue weighted by atomic mass is 16.5. The fraction of sp³-hybridized carbons (Fsp3) is 0.520. The predicted molar refractivity (Wildman–Crippen MR) is 123 cm³/mol. The van der Waals surface area contributed by atoms with E-state index in [-0.39, 0.29) is 6.61 Å². The van der Waals surface area contributed by atoms with Crippen LogP contribution in [0.3, 0.4) is 0 Å². The number of likely N-dealkylation sites (tertiary alicyclic amines) is 1. The van der Waals surface area contributed by atoms with Crippen LogP contribution in [0.5, 0.6) is 0 Å². The molecule has 0 aliphatic carbocycles. The summed E-state index contributed by atoms with van der Waals surface area (Å²) in [5, 5.41) is 10.5. The van der Waals surface area contributed by atoms with Gasteiger partial charge in [0, 0.05) is 30.8 Å². The van der Waals surface area contributed by atoms with Crippen LogP contribution in [0.25, 0.3) is 10.9 Å². The molecule has 3 rings (SSSR count). The highest BCUT2D eigenvalue weighted by Crippen LogP contribution is 2.20. The van der Waals surface area contributed by atoms with Crippen molar-refractivity contribution in [3.8, 4) is 0 Å². The minimum atomic E-state index is 0.166. The number of para-hydroxylation sites is 1. The first-order chi connectivity index (χ1) is 14.2. The standard InChI is InChI=1S/C19H25NO2.C6H13N/c1-3-14-22-18(4-2)9-7-12-20-17(11-13-21)15-16-8-5-6-10-19(16)20;1-2-7-5-3-4-6-7/h4-10,15,21H,3,11-14H2,1-2H3;2-6H2,1H3/b9-7-,18-4+;. The molecular weight excluding hydrogens is 360 g/mol. The van der Waals surface area contributed by atoms with Gasteiger partial charge in [-0.2, -0.15) is 0 Å². The lowest BCUT2D eigenvalue weighted by Crippen LogP contribution is -2.17. The molecule has 1 aromatic carbocycles. The number of aliphatic hydroxyl groups excluding tert-OH is 1. The number of hydrogen-bond acceptors (Lipinski definition) is 3. The number of nitrogens with zero attached hydrogens (tertiary/aromatic N) is 2. The molecule has 1 saturated heterocycles. The third-order valence-corrected chi connectivity index (χ3v) is 5.24. The number of benzene rings is 1. The monoisotopic (exact) mass is 398 g/mol. The molecule has 2 aromatic rings. The zero-order chi connectivity index (χ0) is 20.9. The van der Waals surface area contributed by atoms with Gasteiger partial charge in [0.1, 0.15) is 5.76 Å². The highest BCUT2D eigenvalue weighted by Gasteiger charge is 2.07. The number of fused-ring (bicyclic) bond motifs is 1. The molecule has 0 atom stereocenters. The molecule has 0 spiro atoms. The van der Waals surface area contributed by atoms with Gasteiger partial charge in [-0.3, -0.25) is 0 Å². The summed E-state index contributed by atoms with van der Waals surface area (Å²) >= 11 is 0. The summed E-state index contributed by atoms with van der Waals surface area (Å²) in [4.78, 5) is 2.49. The fourth-order valence-electron chi connectivity index (χ4n) is 3.63. The number of aliphatic hydroxyl groups is 1. The van der Waals surface area contributed by atoms with E-state index in [9.17, 15) is 5.11 Å². The molecule has 4 heteroatoms. The summed E-state index contributed by atoms with van der Waals surface area (Å²) < 4.78 is 7.90. The molecule has 2 heterocycles. The van der Waals surface area contributed by atoms with Crippen LogP contribution in [0.1, 0.15) is 45.7 Å². The Hall–Kier alpha value is -2.04. The summed E-state index contributed by atoms with van der Waals surface area (Å²) in [5.41, 5.74) is 2.36. The van der Waals surface area contributed by atoms with Gasteiger partial charge in [-0.1, -0.05) is 38.1 Å². The molecule has 0 amide bonds. The molecule has 1 aromatic heterocycles. The van der Waals surface area contributed by atoms with Crippen molar-refractivity contribution in [1.82, 2.24) is 9.47 Å². The minimum Gasteiger partial charge on any atom is -0.494 e. The van der Waals surface area contributed by atoms with Gasteiger partial charge in [-0.05, 0) is 75.5 Å². The zero-order valence-corrected chi connectivity index (χ0v) is 18.4. The molecule has 1 fully saturated rings. The fourth-order valence-corrected chi connectivity index (χ4v) is 3.63. The van der Waals surface area contributed by atoms with Gasteiger partial charge in [0.05, 0.1) is 6.61 Å². The molecular formula is C25H38N2O2. The quantitative estimate of drug-likeness (QED) is 0.468. The van der Waals surface area contributed by atoms with Gasteiger partial charge in [0.2, 0.25) is 0 Å². The van der Waals surface area contributed by atoms with E-state index in [0.29, 0.717) is 6.42 Å². The van der Waals surface area contributed by atoms with E-state index in [1.54, 1.807) is 0 Å². The Morgan fingerprint density at radius 3 is 2.55 bits per heavy atom. The maximum atomic E-state index is 9.26. The molecule has 4 nitrogen and oxygen atoms in total. The topological polar surface area (TPSA) is 37.6 Å². The lowest BCUT2D eigenvalue weighted by molar-refractivity contribution is 0.224. The van der Waals surface area contributed by atoms with Gasteiger partial charge in [0.15, 0.2) is 0 Å². The second-order valence-corrected chi connectivity index (χ2v) is 7.36. The van der Waals surface area contributed by atoms with Crippen LogP contribution in [-0.4, -0.2) is 47.4 Å². The minimum absolute atomic E-state index is 0.166. The second kappa shape index (κ2) is 13.2. The average molecular weight is 399 g/mol. The molecule has 1 aliphatic rings.